The van der Waals surface area contributed by atoms with E-state index in [0.29, 0.717) is 5.69 Å². The summed E-state index contributed by atoms with van der Waals surface area (Å²) in [5, 5.41) is 2.53. The first kappa shape index (κ1) is 12.4. The molecule has 5 heteroatoms. The topological polar surface area (TPSA) is 52.3 Å². The molecular weight excluding hydrogens is 262 g/mol. The maximum absolute atomic E-state index is 12.0. The fourth-order valence-corrected chi connectivity index (χ4v) is 3.06. The number of furan rings is 1. The molecule has 0 amide bonds. The van der Waals surface area contributed by atoms with Gasteiger partial charge >= 0.3 is 5.97 Å². The minimum Gasteiger partial charge on any atom is -0.472 e. The van der Waals surface area contributed by atoms with Crippen LogP contribution in [0, 0.1) is 0 Å². The van der Waals surface area contributed by atoms with Crippen LogP contribution in [-0.4, -0.2) is 17.1 Å². The highest BCUT2D eigenvalue weighted by molar-refractivity contribution is 7.13. The van der Waals surface area contributed by atoms with E-state index in [1.165, 1.54) is 17.8 Å². The standard InChI is InChI=1S/C14H15NO3S/c16-14(18-11-4-2-1-3-5-11)12-9-19-13(15-12)10-6-7-17-8-10/h6-9,11H,1-5H2. The molecule has 4 nitrogen and oxygen atoms in total. The normalized spacial score (nSPS) is 16.4. The van der Waals surface area contributed by atoms with E-state index < -0.39 is 0 Å². The van der Waals surface area contributed by atoms with E-state index in [-0.39, 0.29) is 12.1 Å². The number of carbonyl (C=O) groups excluding carboxylic acids is 1. The van der Waals surface area contributed by atoms with Gasteiger partial charge in [-0.05, 0) is 31.7 Å². The minimum atomic E-state index is -0.308. The lowest BCUT2D eigenvalue weighted by atomic mass is 9.98. The lowest BCUT2D eigenvalue weighted by Gasteiger charge is -2.21. The lowest BCUT2D eigenvalue weighted by molar-refractivity contribution is 0.0205. The van der Waals surface area contributed by atoms with E-state index in [1.807, 2.05) is 6.07 Å². The van der Waals surface area contributed by atoms with Crippen LogP contribution in [0.15, 0.2) is 28.4 Å². The Kier molecular flexibility index (Phi) is 3.64. The highest BCUT2D eigenvalue weighted by Crippen LogP contribution is 2.25. The van der Waals surface area contributed by atoms with Crippen LogP contribution in [0.2, 0.25) is 0 Å². The van der Waals surface area contributed by atoms with Gasteiger partial charge in [-0.2, -0.15) is 0 Å². The van der Waals surface area contributed by atoms with E-state index in [2.05, 4.69) is 4.98 Å². The van der Waals surface area contributed by atoms with Crippen molar-refractivity contribution in [2.24, 2.45) is 0 Å². The molecule has 1 fully saturated rings. The van der Waals surface area contributed by atoms with Crippen molar-refractivity contribution in [3.8, 4) is 10.6 Å². The number of carbonyl (C=O) groups is 1. The number of aromatic nitrogens is 1. The zero-order valence-corrected chi connectivity index (χ0v) is 11.3. The van der Waals surface area contributed by atoms with Crippen LogP contribution < -0.4 is 0 Å². The van der Waals surface area contributed by atoms with Gasteiger partial charge in [-0.15, -0.1) is 11.3 Å². The Morgan fingerprint density at radius 3 is 2.95 bits per heavy atom. The Bertz CT molecular complexity index is 541. The van der Waals surface area contributed by atoms with E-state index in [4.69, 9.17) is 9.15 Å². The summed E-state index contributed by atoms with van der Waals surface area (Å²) in [6.45, 7) is 0. The molecule has 0 saturated heterocycles. The molecule has 1 aliphatic rings. The highest BCUT2D eigenvalue weighted by atomic mass is 32.1. The molecule has 0 atom stereocenters. The summed E-state index contributed by atoms with van der Waals surface area (Å²) in [6, 6.07) is 1.83. The number of ether oxygens (including phenoxy) is 1. The molecule has 0 aliphatic heterocycles. The summed E-state index contributed by atoms with van der Waals surface area (Å²) in [4.78, 5) is 16.3. The van der Waals surface area contributed by atoms with Gasteiger partial charge in [0.25, 0.3) is 0 Å². The molecule has 0 aromatic carbocycles. The maximum Gasteiger partial charge on any atom is 0.358 e. The fraction of sp³-hybridized carbons (Fsp3) is 0.429. The number of rotatable bonds is 3. The van der Waals surface area contributed by atoms with Gasteiger partial charge in [-0.3, -0.25) is 0 Å². The van der Waals surface area contributed by atoms with Crippen LogP contribution in [0.1, 0.15) is 42.6 Å². The smallest absolute Gasteiger partial charge is 0.358 e. The monoisotopic (exact) mass is 277 g/mol. The number of hydrogen-bond donors (Lipinski definition) is 0. The predicted octanol–water partition coefficient (Wildman–Crippen LogP) is 3.89. The zero-order chi connectivity index (χ0) is 13.1. The maximum atomic E-state index is 12.0. The predicted molar refractivity (Wildman–Crippen MR) is 72.1 cm³/mol. The van der Waals surface area contributed by atoms with Gasteiger partial charge in [0.05, 0.1) is 6.26 Å². The largest absolute Gasteiger partial charge is 0.472 e. The Balaban J connectivity index is 1.67. The Hall–Kier alpha value is -1.62. The van der Waals surface area contributed by atoms with E-state index in [0.717, 1.165) is 36.3 Å². The third kappa shape index (κ3) is 2.87. The van der Waals surface area contributed by atoms with Gasteiger partial charge in [-0.25, -0.2) is 9.78 Å². The van der Waals surface area contributed by atoms with Gasteiger partial charge in [0.2, 0.25) is 0 Å². The molecule has 2 aromatic rings. The van der Waals surface area contributed by atoms with Gasteiger partial charge in [0.1, 0.15) is 17.4 Å². The van der Waals surface area contributed by atoms with Crippen molar-refractivity contribution in [2.75, 3.05) is 0 Å². The van der Waals surface area contributed by atoms with Crippen LogP contribution in [0.3, 0.4) is 0 Å². The molecule has 0 spiro atoms. The van der Waals surface area contributed by atoms with Crippen LogP contribution in [0.5, 0.6) is 0 Å². The quantitative estimate of drug-likeness (QED) is 0.799. The Morgan fingerprint density at radius 1 is 1.37 bits per heavy atom. The highest BCUT2D eigenvalue weighted by Gasteiger charge is 2.20. The summed E-state index contributed by atoms with van der Waals surface area (Å²) in [7, 11) is 0. The second-order valence-corrected chi connectivity index (χ2v) is 5.57. The second kappa shape index (κ2) is 5.57. The summed E-state index contributed by atoms with van der Waals surface area (Å²) >= 11 is 1.43. The van der Waals surface area contributed by atoms with E-state index in [1.54, 1.807) is 17.9 Å². The average Bonchev–Trinajstić information content (AvgIpc) is 3.11. The first-order valence-corrected chi connectivity index (χ1v) is 7.40. The molecule has 1 saturated carbocycles. The summed E-state index contributed by atoms with van der Waals surface area (Å²) in [5.74, 6) is -0.308. The molecule has 2 aromatic heterocycles. The van der Waals surface area contributed by atoms with Crippen molar-refractivity contribution >= 4 is 17.3 Å². The summed E-state index contributed by atoms with van der Waals surface area (Å²) < 4.78 is 10.5. The van der Waals surface area contributed by atoms with Crippen LogP contribution in [0.25, 0.3) is 10.6 Å². The number of esters is 1. The molecule has 0 N–H and O–H groups in total. The SMILES string of the molecule is O=C(OC1CCCCC1)c1csc(-c2ccoc2)n1. The third-order valence-electron chi connectivity index (χ3n) is 3.31. The van der Waals surface area contributed by atoms with Gasteiger partial charge in [0, 0.05) is 10.9 Å². The molecule has 19 heavy (non-hydrogen) atoms. The van der Waals surface area contributed by atoms with Gasteiger partial charge in [-0.1, -0.05) is 6.42 Å². The zero-order valence-electron chi connectivity index (χ0n) is 10.5. The number of nitrogens with zero attached hydrogens (tertiary/aromatic N) is 1. The van der Waals surface area contributed by atoms with Crippen molar-refractivity contribution < 1.29 is 13.9 Å². The van der Waals surface area contributed by atoms with Crippen molar-refractivity contribution in [2.45, 2.75) is 38.2 Å². The number of hydrogen-bond acceptors (Lipinski definition) is 5. The molecule has 1 aliphatic carbocycles. The summed E-state index contributed by atoms with van der Waals surface area (Å²) in [6.07, 6.45) is 8.78. The molecule has 0 unspecified atom stereocenters. The van der Waals surface area contributed by atoms with Crippen LogP contribution in [-0.2, 0) is 4.74 Å². The van der Waals surface area contributed by atoms with Crippen molar-refractivity contribution in [1.29, 1.82) is 0 Å². The number of thiazole rings is 1. The minimum absolute atomic E-state index is 0.0697. The van der Waals surface area contributed by atoms with Crippen molar-refractivity contribution in [3.63, 3.8) is 0 Å². The van der Waals surface area contributed by atoms with Crippen molar-refractivity contribution in [3.05, 3.63) is 29.7 Å². The lowest BCUT2D eigenvalue weighted by Crippen LogP contribution is -2.21. The molecule has 0 radical (unpaired) electrons. The molecular formula is C14H15NO3S. The van der Waals surface area contributed by atoms with Gasteiger partial charge < -0.3 is 9.15 Å². The molecule has 0 bridgehead atoms. The Labute approximate surface area is 115 Å². The molecule has 3 rings (SSSR count). The van der Waals surface area contributed by atoms with E-state index >= 15 is 0 Å². The summed E-state index contributed by atoms with van der Waals surface area (Å²) in [5.41, 5.74) is 1.29. The average molecular weight is 277 g/mol. The first-order chi connectivity index (χ1) is 9.33. The Morgan fingerprint density at radius 2 is 2.21 bits per heavy atom. The molecule has 100 valence electrons. The third-order valence-corrected chi connectivity index (χ3v) is 4.20. The van der Waals surface area contributed by atoms with Crippen molar-refractivity contribution in [1.82, 2.24) is 4.98 Å². The first-order valence-electron chi connectivity index (χ1n) is 6.52. The molecule has 2 heterocycles. The van der Waals surface area contributed by atoms with Crippen LogP contribution >= 0.6 is 11.3 Å². The van der Waals surface area contributed by atoms with E-state index in [9.17, 15) is 4.79 Å². The van der Waals surface area contributed by atoms with Gasteiger partial charge in [0.15, 0.2) is 5.69 Å². The second-order valence-electron chi connectivity index (χ2n) is 4.72. The fourth-order valence-electron chi connectivity index (χ4n) is 2.28. The van der Waals surface area contributed by atoms with Crippen LogP contribution in [0.4, 0.5) is 0 Å².